The van der Waals surface area contributed by atoms with Gasteiger partial charge in [-0.25, -0.2) is 4.79 Å². The molecule has 0 bridgehead atoms. The predicted octanol–water partition coefficient (Wildman–Crippen LogP) is 4.51. The molecule has 0 heterocycles. The van der Waals surface area contributed by atoms with Gasteiger partial charge in [0.2, 0.25) is 0 Å². The van der Waals surface area contributed by atoms with E-state index in [-0.39, 0.29) is 18.0 Å². The van der Waals surface area contributed by atoms with Crippen molar-refractivity contribution in [1.82, 2.24) is 10.2 Å². The third kappa shape index (κ3) is 3.88. The van der Waals surface area contributed by atoms with Gasteiger partial charge in [-0.15, -0.1) is 0 Å². The van der Waals surface area contributed by atoms with Crippen LogP contribution in [0.25, 0.3) is 0 Å². The second kappa shape index (κ2) is 8.05. The highest BCUT2D eigenvalue weighted by molar-refractivity contribution is 5.95. The van der Waals surface area contributed by atoms with E-state index < -0.39 is 0 Å². The molecule has 2 aliphatic rings. The number of hydrogen-bond acceptors (Lipinski definition) is 2. The smallest absolute Gasteiger partial charge is 0.322 e. The maximum atomic E-state index is 12.7. The summed E-state index contributed by atoms with van der Waals surface area (Å²) in [5.74, 6) is -0.0375. The normalized spacial score (nSPS) is 18.5. The first-order valence-corrected chi connectivity index (χ1v) is 10.1. The molecule has 2 aromatic carbocycles. The zero-order chi connectivity index (χ0) is 19.5. The summed E-state index contributed by atoms with van der Waals surface area (Å²) in [6.45, 7) is 0. The first-order chi connectivity index (χ1) is 13.6. The Morgan fingerprint density at radius 3 is 2.43 bits per heavy atom. The quantitative estimate of drug-likeness (QED) is 0.823. The van der Waals surface area contributed by atoms with E-state index in [9.17, 15) is 9.59 Å². The summed E-state index contributed by atoms with van der Waals surface area (Å²) in [4.78, 5) is 26.8. The summed E-state index contributed by atoms with van der Waals surface area (Å²) in [5, 5.41) is 6.03. The van der Waals surface area contributed by atoms with Crippen molar-refractivity contribution in [2.45, 2.75) is 50.6 Å². The van der Waals surface area contributed by atoms with Crippen LogP contribution in [0.1, 0.15) is 59.6 Å². The largest absolute Gasteiger partial charge is 0.349 e. The molecule has 0 aromatic heterocycles. The molecule has 3 amide bonds. The van der Waals surface area contributed by atoms with Crippen molar-refractivity contribution in [1.29, 1.82) is 0 Å². The fourth-order valence-electron chi connectivity index (χ4n) is 4.33. The van der Waals surface area contributed by atoms with E-state index in [2.05, 4.69) is 22.8 Å². The molecule has 0 saturated heterocycles. The van der Waals surface area contributed by atoms with Crippen molar-refractivity contribution in [3.05, 3.63) is 65.2 Å². The van der Waals surface area contributed by atoms with Crippen LogP contribution in [0.3, 0.4) is 0 Å². The third-order valence-corrected chi connectivity index (χ3v) is 5.98. The van der Waals surface area contributed by atoms with Crippen LogP contribution in [0.15, 0.2) is 48.5 Å². The highest BCUT2D eigenvalue weighted by Crippen LogP contribution is 2.35. The Balaban J connectivity index is 1.36. The topological polar surface area (TPSA) is 61.4 Å². The summed E-state index contributed by atoms with van der Waals surface area (Å²) < 4.78 is 0. The molecule has 0 aliphatic heterocycles. The molecule has 0 radical (unpaired) electrons. The summed E-state index contributed by atoms with van der Waals surface area (Å²) in [6.07, 6.45) is 6.46. The zero-order valence-corrected chi connectivity index (χ0v) is 16.3. The lowest BCUT2D eigenvalue weighted by Crippen LogP contribution is -2.34. The zero-order valence-electron chi connectivity index (χ0n) is 16.3. The second-order valence-electron chi connectivity index (χ2n) is 7.83. The number of carbonyl (C=O) groups excluding carboxylic acids is 2. The molecule has 5 nitrogen and oxygen atoms in total. The number of aryl methyl sites for hydroxylation is 1. The highest BCUT2D eigenvalue weighted by atomic mass is 16.2. The Hall–Kier alpha value is -2.82. The average Bonchev–Trinajstić information content (AvgIpc) is 3.37. The van der Waals surface area contributed by atoms with Crippen LogP contribution in [0.5, 0.6) is 0 Å². The van der Waals surface area contributed by atoms with Crippen LogP contribution in [0, 0.1) is 0 Å². The standard InChI is InChI=1S/C23H27N3O2/c1-26(21-15-12-16-6-2-5-9-20(16)21)23(28)25-19-13-10-17(11-14-19)22(27)24-18-7-3-4-8-18/h2,5-6,9-11,13-14,18,21H,3-4,7-8,12,15H2,1H3,(H,24,27)(H,25,28). The summed E-state index contributed by atoms with van der Waals surface area (Å²) in [5.41, 5.74) is 3.88. The van der Waals surface area contributed by atoms with Gasteiger partial charge in [0, 0.05) is 24.3 Å². The lowest BCUT2D eigenvalue weighted by molar-refractivity contribution is 0.0938. The van der Waals surface area contributed by atoms with Gasteiger partial charge in [-0.1, -0.05) is 37.1 Å². The molecular weight excluding hydrogens is 350 g/mol. The predicted molar refractivity (Wildman–Crippen MR) is 110 cm³/mol. The van der Waals surface area contributed by atoms with Gasteiger partial charge in [0.15, 0.2) is 0 Å². The molecule has 1 saturated carbocycles. The van der Waals surface area contributed by atoms with Crippen molar-refractivity contribution in [3.63, 3.8) is 0 Å². The van der Waals surface area contributed by atoms with Crippen molar-refractivity contribution < 1.29 is 9.59 Å². The number of benzene rings is 2. The number of nitrogens with zero attached hydrogens (tertiary/aromatic N) is 1. The fourth-order valence-corrected chi connectivity index (χ4v) is 4.33. The summed E-state index contributed by atoms with van der Waals surface area (Å²) in [7, 11) is 1.84. The minimum absolute atomic E-state index is 0.0375. The SMILES string of the molecule is CN(C(=O)Nc1ccc(C(=O)NC2CCCC2)cc1)C1CCc2ccccc21. The van der Waals surface area contributed by atoms with E-state index in [1.807, 2.05) is 19.2 Å². The highest BCUT2D eigenvalue weighted by Gasteiger charge is 2.28. The Morgan fingerprint density at radius 1 is 0.964 bits per heavy atom. The summed E-state index contributed by atoms with van der Waals surface area (Å²) in [6, 6.07) is 15.7. The Bertz CT molecular complexity index is 856. The van der Waals surface area contributed by atoms with Gasteiger partial charge in [0.05, 0.1) is 6.04 Å². The van der Waals surface area contributed by atoms with Crippen LogP contribution < -0.4 is 10.6 Å². The molecule has 2 aromatic rings. The first-order valence-electron chi connectivity index (χ1n) is 10.1. The molecule has 1 fully saturated rings. The molecule has 146 valence electrons. The van der Waals surface area contributed by atoms with Crippen molar-refractivity contribution in [2.24, 2.45) is 0 Å². The lowest BCUT2D eigenvalue weighted by atomic mass is 10.1. The first kappa shape index (κ1) is 18.5. The van der Waals surface area contributed by atoms with E-state index in [1.165, 1.54) is 24.0 Å². The fraction of sp³-hybridized carbons (Fsp3) is 0.391. The van der Waals surface area contributed by atoms with E-state index in [4.69, 9.17) is 0 Å². The van der Waals surface area contributed by atoms with Gasteiger partial charge in [0.25, 0.3) is 5.91 Å². The van der Waals surface area contributed by atoms with Gasteiger partial charge in [-0.05, 0) is 61.1 Å². The Kier molecular flexibility index (Phi) is 5.33. The van der Waals surface area contributed by atoms with E-state index in [0.717, 1.165) is 25.7 Å². The lowest BCUT2D eigenvalue weighted by Gasteiger charge is -2.25. The number of urea groups is 1. The maximum Gasteiger partial charge on any atom is 0.322 e. The molecule has 0 spiro atoms. The van der Waals surface area contributed by atoms with Crippen LogP contribution in [-0.2, 0) is 6.42 Å². The summed E-state index contributed by atoms with van der Waals surface area (Å²) >= 11 is 0. The minimum atomic E-state index is -0.134. The minimum Gasteiger partial charge on any atom is -0.349 e. The van der Waals surface area contributed by atoms with E-state index >= 15 is 0 Å². The Labute approximate surface area is 166 Å². The number of nitrogens with one attached hydrogen (secondary N) is 2. The number of carbonyl (C=O) groups is 2. The maximum absolute atomic E-state index is 12.7. The molecule has 2 N–H and O–H groups in total. The number of rotatable bonds is 4. The second-order valence-corrected chi connectivity index (χ2v) is 7.83. The van der Waals surface area contributed by atoms with Crippen molar-refractivity contribution in [3.8, 4) is 0 Å². The number of anilines is 1. The van der Waals surface area contributed by atoms with Gasteiger partial charge in [-0.3, -0.25) is 4.79 Å². The molecule has 1 unspecified atom stereocenters. The molecular formula is C23H27N3O2. The Morgan fingerprint density at radius 2 is 1.68 bits per heavy atom. The van der Waals surface area contributed by atoms with Crippen molar-refractivity contribution >= 4 is 17.6 Å². The monoisotopic (exact) mass is 377 g/mol. The van der Waals surface area contributed by atoms with Gasteiger partial charge >= 0.3 is 6.03 Å². The van der Waals surface area contributed by atoms with Crippen LogP contribution in [0.4, 0.5) is 10.5 Å². The van der Waals surface area contributed by atoms with Crippen molar-refractivity contribution in [2.75, 3.05) is 12.4 Å². The van der Waals surface area contributed by atoms with Gasteiger partial charge < -0.3 is 15.5 Å². The van der Waals surface area contributed by atoms with E-state index in [0.29, 0.717) is 17.3 Å². The number of fused-ring (bicyclic) bond motifs is 1. The van der Waals surface area contributed by atoms with Gasteiger partial charge in [-0.2, -0.15) is 0 Å². The van der Waals surface area contributed by atoms with Crippen LogP contribution in [0.2, 0.25) is 0 Å². The molecule has 28 heavy (non-hydrogen) atoms. The molecule has 5 heteroatoms. The molecule has 4 rings (SSSR count). The van der Waals surface area contributed by atoms with Crippen LogP contribution >= 0.6 is 0 Å². The van der Waals surface area contributed by atoms with E-state index in [1.54, 1.807) is 29.2 Å². The number of amides is 3. The average molecular weight is 377 g/mol. The number of hydrogen-bond donors (Lipinski definition) is 2. The van der Waals surface area contributed by atoms with Gasteiger partial charge in [0.1, 0.15) is 0 Å². The molecule has 1 atom stereocenters. The third-order valence-electron chi connectivity index (χ3n) is 5.98. The molecule has 2 aliphatic carbocycles. The van der Waals surface area contributed by atoms with Crippen LogP contribution in [-0.4, -0.2) is 29.9 Å².